The lowest BCUT2D eigenvalue weighted by Crippen LogP contribution is -2.73. The van der Waals surface area contributed by atoms with E-state index >= 15 is 0 Å². The van der Waals surface area contributed by atoms with Crippen LogP contribution in [0.3, 0.4) is 0 Å². The maximum atomic E-state index is 12.6. The van der Waals surface area contributed by atoms with Crippen LogP contribution in [-0.4, -0.2) is 81.8 Å². The van der Waals surface area contributed by atoms with Gasteiger partial charge in [0, 0.05) is 58.2 Å². The van der Waals surface area contributed by atoms with Crippen LogP contribution in [0.5, 0.6) is 0 Å². The summed E-state index contributed by atoms with van der Waals surface area (Å²) in [6, 6.07) is 0.172. The molecule has 1 amide bonds. The summed E-state index contributed by atoms with van der Waals surface area (Å²) in [4.78, 5) is 28.9. The number of amides is 1. The summed E-state index contributed by atoms with van der Waals surface area (Å²) in [5.41, 5.74) is 0.964. The van der Waals surface area contributed by atoms with E-state index in [1.807, 2.05) is 59.0 Å². The van der Waals surface area contributed by atoms with Gasteiger partial charge in [0.15, 0.2) is 5.78 Å². The number of likely N-dealkylation sites (N-methyl/N-ethyl adjacent to an activating group) is 1. The molecule has 2 bridgehead atoms. The molecule has 1 fully saturated rings. The molecule has 3 aliphatic heterocycles. The minimum atomic E-state index is -0.661. The number of methoxy groups -OCH3 is 1. The van der Waals surface area contributed by atoms with Crippen LogP contribution in [-0.2, 0) is 14.3 Å². The zero-order valence-electron chi connectivity index (χ0n) is 21.7. The van der Waals surface area contributed by atoms with E-state index in [9.17, 15) is 9.59 Å². The standard InChI is InChI=1S/C25H40N4O4/c1-11-29(19-12-14-27(15-13-19)22(31)33-23(4,5)6)26(9)25(8)20-16-28(25)21(18(3)30)17(2)24(20,7)32-10/h11,16,19H,1,12-15H2,2-10H3/t24?,25-/m0/s1. The Morgan fingerprint density at radius 3 is 2.27 bits per heavy atom. The number of carbonyl (C=O) groups excluding carboxylic acids is 2. The van der Waals surface area contributed by atoms with E-state index in [0.717, 1.165) is 24.0 Å². The number of Topliss-reactive ketones (excluding diaryl/α,β-unsaturated/α-hetero) is 1. The summed E-state index contributed by atoms with van der Waals surface area (Å²) in [5.74, 6) is 0.0150. The number of carbonyl (C=O) groups is 2. The van der Waals surface area contributed by atoms with Gasteiger partial charge in [0.05, 0.1) is 5.70 Å². The van der Waals surface area contributed by atoms with Crippen LogP contribution < -0.4 is 0 Å². The largest absolute Gasteiger partial charge is 0.444 e. The monoisotopic (exact) mass is 460 g/mol. The highest BCUT2D eigenvalue weighted by atomic mass is 16.6. The van der Waals surface area contributed by atoms with Crippen molar-refractivity contribution in [1.82, 2.24) is 19.8 Å². The molecule has 2 atom stereocenters. The molecule has 0 saturated carbocycles. The molecule has 1 unspecified atom stereocenters. The number of piperidine rings is 1. The van der Waals surface area contributed by atoms with Crippen molar-refractivity contribution in [2.45, 2.75) is 84.2 Å². The topological polar surface area (TPSA) is 65.6 Å². The molecule has 8 nitrogen and oxygen atoms in total. The van der Waals surface area contributed by atoms with E-state index in [-0.39, 0.29) is 17.9 Å². The lowest BCUT2D eigenvalue weighted by molar-refractivity contribution is -0.156. The van der Waals surface area contributed by atoms with Gasteiger partial charge in [0.1, 0.15) is 16.9 Å². The molecule has 8 heteroatoms. The first-order chi connectivity index (χ1) is 15.2. The maximum absolute atomic E-state index is 12.6. The molecule has 0 N–H and O–H groups in total. The van der Waals surface area contributed by atoms with Crippen LogP contribution in [0.15, 0.2) is 35.8 Å². The van der Waals surface area contributed by atoms with Crippen molar-refractivity contribution in [3.8, 4) is 0 Å². The van der Waals surface area contributed by atoms with Crippen molar-refractivity contribution in [2.75, 3.05) is 27.2 Å². The lowest BCUT2D eigenvalue weighted by atomic mass is 9.70. The molecular weight excluding hydrogens is 420 g/mol. The summed E-state index contributed by atoms with van der Waals surface area (Å²) < 4.78 is 11.5. The number of ketones is 1. The van der Waals surface area contributed by atoms with Crippen LogP contribution in [0.4, 0.5) is 4.79 Å². The SMILES string of the molecule is C=CN(C1CCN(C(=O)OC(C)(C)C)CC1)N(C)[C@]1(C)C2=CN1C(C(C)=O)=C(C)C2(C)OC. The lowest BCUT2D eigenvalue weighted by Gasteiger charge is -2.65. The number of rotatable bonds is 6. The fraction of sp³-hybridized carbons (Fsp3) is 0.680. The Kier molecular flexibility index (Phi) is 6.50. The third-order valence-corrected chi connectivity index (χ3v) is 7.46. The van der Waals surface area contributed by atoms with Gasteiger partial charge >= 0.3 is 6.09 Å². The molecule has 0 aromatic carbocycles. The minimum absolute atomic E-state index is 0.0150. The maximum Gasteiger partial charge on any atom is 0.410 e. The number of fused-ring (bicyclic) bond motifs is 1. The third-order valence-electron chi connectivity index (χ3n) is 7.46. The number of ether oxygens (including phenoxy) is 2. The molecule has 0 aromatic rings. The average molecular weight is 461 g/mol. The minimum Gasteiger partial charge on any atom is -0.444 e. The van der Waals surface area contributed by atoms with Gasteiger partial charge in [-0.25, -0.2) is 4.79 Å². The summed E-state index contributed by atoms with van der Waals surface area (Å²) in [6.07, 6.45) is 5.18. The van der Waals surface area contributed by atoms with Gasteiger partial charge in [-0.1, -0.05) is 6.58 Å². The molecule has 0 spiro atoms. The van der Waals surface area contributed by atoms with Gasteiger partial charge in [-0.15, -0.1) is 0 Å². The summed E-state index contributed by atoms with van der Waals surface area (Å²) in [6.45, 7) is 18.7. The molecule has 3 aliphatic rings. The summed E-state index contributed by atoms with van der Waals surface area (Å²) >= 11 is 0. The summed E-state index contributed by atoms with van der Waals surface area (Å²) in [7, 11) is 3.71. The third kappa shape index (κ3) is 3.97. The first kappa shape index (κ1) is 25.3. The Balaban J connectivity index is 1.80. The van der Waals surface area contributed by atoms with Crippen molar-refractivity contribution in [3.63, 3.8) is 0 Å². The van der Waals surface area contributed by atoms with Crippen molar-refractivity contribution < 1.29 is 19.1 Å². The molecule has 0 aromatic heterocycles. The number of hydrazine groups is 1. The van der Waals surface area contributed by atoms with Gasteiger partial charge in [-0.2, -0.15) is 5.01 Å². The van der Waals surface area contributed by atoms with Crippen LogP contribution in [0.1, 0.15) is 61.3 Å². The quantitative estimate of drug-likeness (QED) is 0.558. The van der Waals surface area contributed by atoms with Crippen LogP contribution in [0, 0.1) is 0 Å². The highest BCUT2D eigenvalue weighted by Gasteiger charge is 2.61. The summed E-state index contributed by atoms with van der Waals surface area (Å²) in [5, 5.41) is 4.29. The smallest absolute Gasteiger partial charge is 0.410 e. The van der Waals surface area contributed by atoms with E-state index in [4.69, 9.17) is 9.47 Å². The Morgan fingerprint density at radius 2 is 1.82 bits per heavy atom. The van der Waals surface area contributed by atoms with Gasteiger partial charge in [-0.3, -0.25) is 4.79 Å². The Hall–Kier alpha value is -2.32. The zero-order valence-corrected chi connectivity index (χ0v) is 21.7. The number of allylic oxidation sites excluding steroid dienone is 1. The fourth-order valence-electron chi connectivity index (χ4n) is 5.31. The Labute approximate surface area is 198 Å². The number of likely N-dealkylation sites (tertiary alicyclic amines) is 1. The van der Waals surface area contributed by atoms with E-state index in [0.29, 0.717) is 18.8 Å². The van der Waals surface area contributed by atoms with Gasteiger partial charge in [0.2, 0.25) is 0 Å². The Bertz CT molecular complexity index is 897. The van der Waals surface area contributed by atoms with Crippen molar-refractivity contribution in [2.24, 2.45) is 0 Å². The fourth-order valence-corrected chi connectivity index (χ4v) is 5.31. The van der Waals surface area contributed by atoms with E-state index in [1.165, 1.54) is 0 Å². The molecule has 1 saturated heterocycles. The van der Waals surface area contributed by atoms with Gasteiger partial charge in [0.25, 0.3) is 0 Å². The average Bonchev–Trinajstić information content (AvgIpc) is 2.73. The van der Waals surface area contributed by atoms with E-state index in [2.05, 4.69) is 23.5 Å². The molecule has 0 aliphatic carbocycles. The number of nitrogens with zero attached hydrogens (tertiary/aromatic N) is 4. The van der Waals surface area contributed by atoms with Crippen LogP contribution in [0.2, 0.25) is 0 Å². The second-order valence-corrected chi connectivity index (χ2v) is 10.5. The number of hydrogen-bond acceptors (Lipinski definition) is 7. The van der Waals surface area contributed by atoms with Crippen LogP contribution in [0.25, 0.3) is 0 Å². The van der Waals surface area contributed by atoms with Gasteiger partial charge < -0.3 is 24.3 Å². The van der Waals surface area contributed by atoms with Crippen molar-refractivity contribution >= 4 is 11.9 Å². The Morgan fingerprint density at radius 1 is 1.24 bits per heavy atom. The molecular formula is C25H40N4O4. The molecule has 3 heterocycles. The molecule has 3 rings (SSSR count). The van der Waals surface area contributed by atoms with Crippen LogP contribution >= 0.6 is 0 Å². The number of hydrogen-bond donors (Lipinski definition) is 0. The van der Waals surface area contributed by atoms with Crippen molar-refractivity contribution in [1.29, 1.82) is 0 Å². The molecule has 0 radical (unpaired) electrons. The second-order valence-electron chi connectivity index (χ2n) is 10.5. The molecule has 184 valence electrons. The highest BCUT2D eigenvalue weighted by Crippen LogP contribution is 2.55. The normalized spacial score (nSPS) is 27.9. The van der Waals surface area contributed by atoms with E-state index in [1.54, 1.807) is 18.9 Å². The second kappa shape index (κ2) is 8.47. The zero-order chi connectivity index (χ0) is 24.9. The predicted molar refractivity (Wildman–Crippen MR) is 128 cm³/mol. The van der Waals surface area contributed by atoms with Gasteiger partial charge in [-0.05, 0) is 60.0 Å². The highest BCUT2D eigenvalue weighted by molar-refractivity contribution is 5.95. The van der Waals surface area contributed by atoms with E-state index < -0.39 is 16.9 Å². The van der Waals surface area contributed by atoms with Crippen molar-refractivity contribution in [3.05, 3.63) is 35.8 Å². The molecule has 33 heavy (non-hydrogen) atoms. The first-order valence-electron chi connectivity index (χ1n) is 11.6. The predicted octanol–water partition coefficient (Wildman–Crippen LogP) is 3.88. The first-order valence-corrected chi connectivity index (χ1v) is 11.6.